The molecule has 3 unspecified atom stereocenters. The maximum atomic E-state index is 14.6. The molecule has 0 rings (SSSR count). The molecule has 0 saturated heterocycles. The summed E-state index contributed by atoms with van der Waals surface area (Å²) in [7, 11) is 0. The molecule has 0 aromatic carbocycles. The number of halogens is 10. The Balaban J connectivity index is 5.73. The number of carbonyl (C=O) groups is 5. The summed E-state index contributed by atoms with van der Waals surface area (Å²) in [5.41, 5.74) is -5.99. The van der Waals surface area contributed by atoms with Gasteiger partial charge in [0.2, 0.25) is 0 Å². The van der Waals surface area contributed by atoms with Gasteiger partial charge in [-0.15, -0.1) is 0 Å². The fraction of sp³-hybridized carbons (Fsp3) is 0.625. The summed E-state index contributed by atoms with van der Waals surface area (Å²) < 4.78 is 159. The number of esters is 3. The molecule has 0 bridgehead atoms. The number of ether oxygens (including phenoxy) is 6. The maximum Gasteiger partial charge on any atom is 0.460 e. The number of alkyl halides is 10. The summed E-state index contributed by atoms with van der Waals surface area (Å²) in [6.07, 6.45) is -25.4. The molecular formula is C24H28F10N2O11. The van der Waals surface area contributed by atoms with Crippen LogP contribution in [0.25, 0.3) is 0 Å². The van der Waals surface area contributed by atoms with Crippen molar-refractivity contribution >= 4 is 30.1 Å². The van der Waals surface area contributed by atoms with Gasteiger partial charge in [-0.1, -0.05) is 13.2 Å². The first-order chi connectivity index (χ1) is 21.2. The Bertz CT molecular complexity index is 1180. The fourth-order valence-electron chi connectivity index (χ4n) is 2.28. The third kappa shape index (κ3) is 13.1. The van der Waals surface area contributed by atoms with Crippen LogP contribution in [-0.4, -0.2) is 106 Å². The van der Waals surface area contributed by atoms with Crippen LogP contribution in [0.2, 0.25) is 0 Å². The van der Waals surface area contributed by atoms with E-state index in [1.165, 1.54) is 13.8 Å². The first-order valence-corrected chi connectivity index (χ1v) is 12.5. The van der Waals surface area contributed by atoms with E-state index in [4.69, 9.17) is 0 Å². The molecule has 0 heterocycles. The van der Waals surface area contributed by atoms with E-state index in [9.17, 15) is 67.9 Å². The van der Waals surface area contributed by atoms with Gasteiger partial charge in [0.05, 0.1) is 13.1 Å². The fourth-order valence-corrected chi connectivity index (χ4v) is 2.28. The maximum absolute atomic E-state index is 14.6. The minimum Gasteiger partial charge on any atom is -0.460 e. The Kier molecular flexibility index (Phi) is 15.5. The predicted octanol–water partition coefficient (Wildman–Crippen LogP) is 3.72. The van der Waals surface area contributed by atoms with Crippen molar-refractivity contribution in [3.8, 4) is 0 Å². The van der Waals surface area contributed by atoms with Gasteiger partial charge in [0.15, 0.2) is 6.10 Å². The van der Waals surface area contributed by atoms with Gasteiger partial charge in [-0.2, -0.15) is 39.5 Å². The van der Waals surface area contributed by atoms with Crippen molar-refractivity contribution in [2.24, 2.45) is 0 Å². The largest absolute Gasteiger partial charge is 0.460 e. The van der Waals surface area contributed by atoms with Crippen LogP contribution in [-0.2, 0) is 42.8 Å². The van der Waals surface area contributed by atoms with E-state index in [0.717, 1.165) is 0 Å². The van der Waals surface area contributed by atoms with Gasteiger partial charge in [0.1, 0.15) is 26.4 Å². The summed E-state index contributed by atoms with van der Waals surface area (Å²) in [4.78, 5) is 58.4. The third-order valence-electron chi connectivity index (χ3n) is 4.96. The Morgan fingerprint density at radius 2 is 1.09 bits per heavy atom. The highest BCUT2D eigenvalue weighted by atomic mass is 19.4. The Labute approximate surface area is 258 Å². The average Bonchev–Trinajstić information content (AvgIpc) is 2.92. The zero-order valence-electron chi connectivity index (χ0n) is 24.5. The molecule has 0 aromatic heterocycles. The highest BCUT2D eigenvalue weighted by molar-refractivity contribution is 5.87. The second-order valence-electron chi connectivity index (χ2n) is 9.12. The zero-order valence-corrected chi connectivity index (χ0v) is 24.5. The van der Waals surface area contributed by atoms with Crippen LogP contribution in [0.5, 0.6) is 0 Å². The summed E-state index contributed by atoms with van der Waals surface area (Å²) in [5, 5.41) is 3.90. The minimum atomic E-state index is -6.91. The number of alkyl carbamates (subject to hydrolysis) is 2. The highest BCUT2D eigenvalue weighted by Crippen LogP contribution is 2.50. The van der Waals surface area contributed by atoms with Crippen LogP contribution < -0.4 is 10.6 Å². The number of amides is 2. The molecule has 270 valence electrons. The topological polar surface area (TPSA) is 165 Å². The molecule has 23 heteroatoms. The number of hydrogen-bond donors (Lipinski definition) is 2. The van der Waals surface area contributed by atoms with Gasteiger partial charge in [-0.05, 0) is 20.8 Å². The van der Waals surface area contributed by atoms with Crippen LogP contribution in [0.4, 0.5) is 53.5 Å². The van der Waals surface area contributed by atoms with Crippen molar-refractivity contribution in [2.45, 2.75) is 56.9 Å². The van der Waals surface area contributed by atoms with Crippen molar-refractivity contribution in [1.29, 1.82) is 0 Å². The molecule has 0 aliphatic heterocycles. The van der Waals surface area contributed by atoms with Crippen LogP contribution >= 0.6 is 0 Å². The average molecular weight is 710 g/mol. The van der Waals surface area contributed by atoms with E-state index in [0.29, 0.717) is 0 Å². The van der Waals surface area contributed by atoms with Crippen molar-refractivity contribution < 1.29 is 96.3 Å². The van der Waals surface area contributed by atoms with E-state index in [1.807, 2.05) is 10.6 Å². The minimum absolute atomic E-state index is 0.00498. The molecule has 0 spiro atoms. The lowest BCUT2D eigenvalue weighted by atomic mass is 10.1. The molecule has 13 nitrogen and oxygen atoms in total. The predicted molar refractivity (Wildman–Crippen MR) is 132 cm³/mol. The van der Waals surface area contributed by atoms with Gasteiger partial charge in [-0.3, -0.25) is 4.74 Å². The monoisotopic (exact) mass is 710 g/mol. The Morgan fingerprint density at radius 3 is 1.49 bits per heavy atom. The Morgan fingerprint density at radius 1 is 0.660 bits per heavy atom. The lowest BCUT2D eigenvalue weighted by Gasteiger charge is -2.35. The second kappa shape index (κ2) is 17.0. The van der Waals surface area contributed by atoms with E-state index < -0.39 is 113 Å². The van der Waals surface area contributed by atoms with E-state index >= 15 is 0 Å². The second-order valence-corrected chi connectivity index (χ2v) is 9.12. The van der Waals surface area contributed by atoms with Crippen LogP contribution in [0, 0.1) is 0 Å². The summed E-state index contributed by atoms with van der Waals surface area (Å²) in [6.45, 7) is 3.30. The van der Waals surface area contributed by atoms with Gasteiger partial charge >= 0.3 is 54.4 Å². The number of nitrogens with one attached hydrogen (secondary N) is 2. The lowest BCUT2D eigenvalue weighted by Crippen LogP contribution is -2.62. The first-order valence-electron chi connectivity index (χ1n) is 12.5. The lowest BCUT2D eigenvalue weighted by molar-refractivity contribution is -0.448. The molecule has 0 aromatic rings. The third-order valence-corrected chi connectivity index (χ3v) is 4.96. The molecule has 0 saturated carbocycles. The SMILES string of the molecule is C=C(C)C(=O)OCCNC(=O)OCC(COC(=O)C(F)(OC(F)(F)C(C)(F)C(F)(F)F)C(F)(F)F)OC(=O)NCCOC(=O)C(=C)C. The van der Waals surface area contributed by atoms with E-state index in [-0.39, 0.29) is 11.1 Å². The van der Waals surface area contributed by atoms with Gasteiger partial charge in [0, 0.05) is 11.1 Å². The molecule has 47 heavy (non-hydrogen) atoms. The van der Waals surface area contributed by atoms with Crippen LogP contribution in [0.3, 0.4) is 0 Å². The number of carbonyl (C=O) groups excluding carboxylic acids is 5. The normalized spacial score (nSPS) is 15.1. The Hall–Kier alpha value is -4.31. The molecule has 0 radical (unpaired) electrons. The van der Waals surface area contributed by atoms with Crippen molar-refractivity contribution in [1.82, 2.24) is 10.6 Å². The van der Waals surface area contributed by atoms with E-state index in [2.05, 4.69) is 41.6 Å². The van der Waals surface area contributed by atoms with Crippen molar-refractivity contribution in [3.63, 3.8) is 0 Å². The first kappa shape index (κ1) is 42.7. The zero-order chi connectivity index (χ0) is 37.0. The molecule has 0 fully saturated rings. The van der Waals surface area contributed by atoms with Gasteiger partial charge < -0.3 is 34.3 Å². The van der Waals surface area contributed by atoms with Crippen LogP contribution in [0.15, 0.2) is 24.3 Å². The molecule has 2 amide bonds. The van der Waals surface area contributed by atoms with Crippen LogP contribution in [0.1, 0.15) is 20.8 Å². The van der Waals surface area contributed by atoms with Gasteiger partial charge in [-0.25, -0.2) is 28.4 Å². The van der Waals surface area contributed by atoms with Gasteiger partial charge in [0.25, 0.3) is 5.67 Å². The summed E-state index contributed by atoms with van der Waals surface area (Å²) in [6, 6.07) is 0. The summed E-state index contributed by atoms with van der Waals surface area (Å²) in [5.74, 6) is -11.7. The number of hydrogen-bond acceptors (Lipinski definition) is 11. The van der Waals surface area contributed by atoms with Crippen molar-refractivity contribution in [2.75, 3.05) is 39.5 Å². The molecule has 2 N–H and O–H groups in total. The molecular weight excluding hydrogens is 682 g/mol. The molecule has 3 atom stereocenters. The molecule has 0 aliphatic rings. The standard InChI is InChI=1S/C24H28F10N2O11/c1-12(2)15(37)42-8-6-35-18(40)45-11-14(46-19(41)36-7-9-43-16(38)13(3)4)10-44-17(39)21(26,23(30,31)32)47-24(33,34)20(5,25)22(27,28)29/h14H,1,3,6-11H2,2,4-5H3,(H,35,40)(H,36,41). The van der Waals surface area contributed by atoms with Crippen molar-refractivity contribution in [3.05, 3.63) is 24.3 Å². The smallest absolute Gasteiger partial charge is 0.460 e. The van der Waals surface area contributed by atoms with E-state index in [1.54, 1.807) is 0 Å². The quantitative estimate of drug-likeness (QED) is 0.0744. The highest BCUT2D eigenvalue weighted by Gasteiger charge is 2.76. The number of rotatable bonds is 17. The molecule has 0 aliphatic carbocycles. The summed E-state index contributed by atoms with van der Waals surface area (Å²) >= 11 is 0.